The van der Waals surface area contributed by atoms with Crippen molar-refractivity contribution in [1.82, 2.24) is 0 Å². The van der Waals surface area contributed by atoms with E-state index >= 15 is 0 Å². The molecule has 1 rings (SSSR count). The van der Waals surface area contributed by atoms with Crippen LogP contribution in [0.25, 0.3) is 0 Å². The minimum Gasteiger partial charge on any atom is -0.478 e. The van der Waals surface area contributed by atoms with E-state index in [0.717, 1.165) is 6.08 Å². The molecular weight excluding hydrogens is 164 g/mol. The molecule has 11 heavy (non-hydrogen) atoms. The van der Waals surface area contributed by atoms with Crippen molar-refractivity contribution in [2.45, 2.75) is 0 Å². The van der Waals surface area contributed by atoms with Gasteiger partial charge in [0.2, 0.25) is 0 Å². The van der Waals surface area contributed by atoms with E-state index in [1.54, 1.807) is 5.41 Å². The van der Waals surface area contributed by atoms with E-state index in [2.05, 4.69) is 0 Å². The fourth-order valence-electron chi connectivity index (χ4n) is 0.638. The highest BCUT2D eigenvalue weighted by Gasteiger charge is 2.10. The van der Waals surface area contributed by atoms with Gasteiger partial charge in [0, 0.05) is 5.75 Å². The van der Waals surface area contributed by atoms with Gasteiger partial charge in [-0.3, -0.25) is 4.79 Å². The third-order valence-corrected chi connectivity index (χ3v) is 1.96. The van der Waals surface area contributed by atoms with Crippen LogP contribution < -0.4 is 0 Å². The van der Waals surface area contributed by atoms with E-state index in [-0.39, 0.29) is 11.4 Å². The van der Waals surface area contributed by atoms with Crippen LogP contribution >= 0.6 is 11.8 Å². The summed E-state index contributed by atoms with van der Waals surface area (Å²) in [5.41, 5.74) is 0.157. The number of thioether (sulfide) groups is 1. The number of ketones is 1. The molecule has 1 N–H and O–H groups in total. The van der Waals surface area contributed by atoms with Crippen LogP contribution in [0.15, 0.2) is 23.1 Å². The SMILES string of the molecule is O=C1C=CSCC(C(=O)O)=C1. The van der Waals surface area contributed by atoms with E-state index in [4.69, 9.17) is 5.11 Å². The third kappa shape index (κ3) is 2.23. The van der Waals surface area contributed by atoms with E-state index in [9.17, 15) is 9.59 Å². The second-order valence-corrected chi connectivity index (χ2v) is 2.89. The zero-order valence-electron chi connectivity index (χ0n) is 5.61. The van der Waals surface area contributed by atoms with Crippen molar-refractivity contribution in [3.63, 3.8) is 0 Å². The molecule has 1 aliphatic heterocycles. The minimum atomic E-state index is -1.02. The maximum atomic E-state index is 10.8. The van der Waals surface area contributed by atoms with Crippen LogP contribution in [0.5, 0.6) is 0 Å². The number of hydrogen-bond donors (Lipinski definition) is 1. The lowest BCUT2D eigenvalue weighted by atomic mass is 10.2. The molecular formula is C7H6O3S. The molecule has 0 saturated carbocycles. The Labute approximate surface area is 67.8 Å². The molecule has 0 bridgehead atoms. The molecule has 0 fully saturated rings. The van der Waals surface area contributed by atoms with Crippen molar-refractivity contribution in [3.05, 3.63) is 23.1 Å². The van der Waals surface area contributed by atoms with Gasteiger partial charge in [0.15, 0.2) is 5.78 Å². The summed E-state index contributed by atoms with van der Waals surface area (Å²) in [7, 11) is 0. The average molecular weight is 170 g/mol. The summed E-state index contributed by atoms with van der Waals surface area (Å²) in [6.45, 7) is 0. The molecule has 4 heteroatoms. The maximum absolute atomic E-state index is 10.8. The summed E-state index contributed by atoms with van der Waals surface area (Å²) in [4.78, 5) is 21.1. The van der Waals surface area contributed by atoms with Crippen LogP contribution in [0.3, 0.4) is 0 Å². The quantitative estimate of drug-likeness (QED) is 0.633. The predicted octanol–water partition coefficient (Wildman–Crippen LogP) is 0.827. The van der Waals surface area contributed by atoms with Crippen molar-refractivity contribution >= 4 is 23.5 Å². The molecule has 3 nitrogen and oxygen atoms in total. The molecule has 0 spiro atoms. The predicted molar refractivity (Wildman–Crippen MR) is 42.3 cm³/mol. The summed E-state index contributed by atoms with van der Waals surface area (Å²) in [5.74, 6) is -0.917. The van der Waals surface area contributed by atoms with Crippen molar-refractivity contribution in [1.29, 1.82) is 0 Å². The zero-order chi connectivity index (χ0) is 8.27. The number of rotatable bonds is 1. The fraction of sp³-hybridized carbons (Fsp3) is 0.143. The molecule has 0 aromatic heterocycles. The lowest BCUT2D eigenvalue weighted by Gasteiger charge is -1.93. The van der Waals surface area contributed by atoms with Gasteiger partial charge in [-0.1, -0.05) is 0 Å². The first-order valence-corrected chi connectivity index (χ1v) is 4.01. The minimum absolute atomic E-state index is 0.157. The summed E-state index contributed by atoms with van der Waals surface area (Å²) in [5, 5.41) is 10.1. The van der Waals surface area contributed by atoms with Gasteiger partial charge < -0.3 is 5.11 Å². The fourth-order valence-corrected chi connectivity index (χ4v) is 1.35. The molecule has 0 saturated heterocycles. The Balaban J connectivity index is 2.83. The van der Waals surface area contributed by atoms with Gasteiger partial charge in [0.1, 0.15) is 0 Å². The molecule has 0 atom stereocenters. The van der Waals surface area contributed by atoms with Gasteiger partial charge >= 0.3 is 5.97 Å². The van der Waals surface area contributed by atoms with Crippen LogP contribution in [0.2, 0.25) is 0 Å². The van der Waals surface area contributed by atoms with Gasteiger partial charge in [-0.25, -0.2) is 4.79 Å². The Morgan fingerprint density at radius 3 is 3.00 bits per heavy atom. The first-order valence-electron chi connectivity index (χ1n) is 2.96. The third-order valence-electron chi connectivity index (χ3n) is 1.16. The topological polar surface area (TPSA) is 54.4 Å². The van der Waals surface area contributed by atoms with Crippen LogP contribution in [-0.2, 0) is 9.59 Å². The van der Waals surface area contributed by atoms with Gasteiger partial charge in [0.25, 0.3) is 0 Å². The highest BCUT2D eigenvalue weighted by Crippen LogP contribution is 2.13. The Morgan fingerprint density at radius 1 is 1.64 bits per heavy atom. The number of allylic oxidation sites excluding steroid dienone is 2. The lowest BCUT2D eigenvalue weighted by Crippen LogP contribution is -2.03. The monoisotopic (exact) mass is 170 g/mol. The highest BCUT2D eigenvalue weighted by atomic mass is 32.2. The number of carbonyl (C=O) groups is 2. The van der Waals surface area contributed by atoms with Gasteiger partial charge in [-0.05, 0) is 17.6 Å². The molecule has 1 heterocycles. The van der Waals surface area contributed by atoms with Crippen molar-refractivity contribution in [2.24, 2.45) is 0 Å². The van der Waals surface area contributed by atoms with Crippen LogP contribution in [0.4, 0.5) is 0 Å². The highest BCUT2D eigenvalue weighted by molar-refractivity contribution is 8.02. The van der Waals surface area contributed by atoms with E-state index in [1.165, 1.54) is 17.8 Å². The largest absolute Gasteiger partial charge is 0.478 e. The molecule has 0 aromatic carbocycles. The van der Waals surface area contributed by atoms with Crippen molar-refractivity contribution < 1.29 is 14.7 Å². The normalized spacial score (nSPS) is 17.5. The standard InChI is InChI=1S/C7H6O3S/c8-6-1-2-11-4-5(3-6)7(9)10/h1-3H,4H2,(H,9,10). The average Bonchev–Trinajstić information content (AvgIpc) is 2.13. The Kier molecular flexibility index (Phi) is 2.48. The summed E-state index contributed by atoms with van der Waals surface area (Å²) in [6, 6.07) is 0. The smallest absolute Gasteiger partial charge is 0.332 e. The first-order chi connectivity index (χ1) is 5.20. The van der Waals surface area contributed by atoms with Crippen LogP contribution in [0, 0.1) is 0 Å². The molecule has 0 aliphatic carbocycles. The lowest BCUT2D eigenvalue weighted by molar-refractivity contribution is -0.132. The second-order valence-electron chi connectivity index (χ2n) is 1.99. The van der Waals surface area contributed by atoms with Crippen LogP contribution in [-0.4, -0.2) is 22.6 Å². The molecule has 1 aliphatic rings. The maximum Gasteiger partial charge on any atom is 0.332 e. The molecule has 0 amide bonds. The summed E-state index contributed by atoms with van der Waals surface area (Å²) in [6.07, 6.45) is 2.51. The molecule has 0 aromatic rings. The summed E-state index contributed by atoms with van der Waals surface area (Å²) >= 11 is 1.31. The van der Waals surface area contributed by atoms with Gasteiger partial charge in [-0.2, -0.15) is 0 Å². The van der Waals surface area contributed by atoms with Crippen LogP contribution in [0.1, 0.15) is 0 Å². The van der Waals surface area contributed by atoms with Gasteiger partial charge in [-0.15, -0.1) is 11.8 Å². The molecule has 0 unspecified atom stereocenters. The molecule has 58 valence electrons. The number of carboxylic acids is 1. The Hall–Kier alpha value is -1.03. The Morgan fingerprint density at radius 2 is 2.36 bits per heavy atom. The number of hydrogen-bond acceptors (Lipinski definition) is 3. The van der Waals surface area contributed by atoms with E-state index < -0.39 is 5.97 Å². The Bertz CT molecular complexity index is 252. The van der Waals surface area contributed by atoms with Crippen molar-refractivity contribution in [2.75, 3.05) is 5.75 Å². The number of carbonyl (C=O) groups excluding carboxylic acids is 1. The number of aliphatic carboxylic acids is 1. The number of carboxylic acid groups (broad SMARTS) is 1. The van der Waals surface area contributed by atoms with E-state index in [0.29, 0.717) is 5.75 Å². The molecule has 0 radical (unpaired) electrons. The van der Waals surface area contributed by atoms with Crippen molar-refractivity contribution in [3.8, 4) is 0 Å². The summed E-state index contributed by atoms with van der Waals surface area (Å²) < 4.78 is 0. The van der Waals surface area contributed by atoms with Gasteiger partial charge in [0.05, 0.1) is 5.57 Å². The first kappa shape index (κ1) is 8.07. The second kappa shape index (κ2) is 3.39. The zero-order valence-corrected chi connectivity index (χ0v) is 6.43. The van der Waals surface area contributed by atoms with E-state index in [1.807, 2.05) is 0 Å².